The fraction of sp³-hybridized carbons (Fsp3) is 0.370. The van der Waals surface area contributed by atoms with Crippen LogP contribution in [0.1, 0.15) is 49.3 Å². The molecule has 2 aromatic carbocycles. The quantitative estimate of drug-likeness (QED) is 0.493. The van der Waals surface area contributed by atoms with Crippen molar-refractivity contribution in [2.75, 3.05) is 13.7 Å². The van der Waals surface area contributed by atoms with Crippen LogP contribution in [0, 0.1) is 5.92 Å². The van der Waals surface area contributed by atoms with Crippen LogP contribution in [0.4, 0.5) is 0 Å². The summed E-state index contributed by atoms with van der Waals surface area (Å²) in [5.41, 5.74) is 4.30. The molecule has 178 valence electrons. The molecule has 0 aliphatic carbocycles. The Hall–Kier alpha value is -3.61. The second kappa shape index (κ2) is 10.5. The third kappa shape index (κ3) is 5.14. The Morgan fingerprint density at radius 1 is 1.15 bits per heavy atom. The molecule has 3 aromatic rings. The topological polar surface area (TPSA) is 77.7 Å². The number of oxime groups is 1. The summed E-state index contributed by atoms with van der Waals surface area (Å²) in [6, 6.07) is 19.8. The van der Waals surface area contributed by atoms with E-state index in [1.54, 1.807) is 11.8 Å². The predicted octanol–water partition coefficient (Wildman–Crippen LogP) is 4.89. The van der Waals surface area contributed by atoms with E-state index in [4.69, 9.17) is 9.57 Å². The molecule has 2 unspecified atom stereocenters. The van der Waals surface area contributed by atoms with Gasteiger partial charge in [0.05, 0.1) is 25.1 Å². The number of carbonyl (C=O) groups is 1. The summed E-state index contributed by atoms with van der Waals surface area (Å²) in [5.74, 6) is 0.798. The van der Waals surface area contributed by atoms with E-state index in [1.165, 1.54) is 0 Å². The van der Waals surface area contributed by atoms with Crippen LogP contribution in [0.15, 0.2) is 65.8 Å². The van der Waals surface area contributed by atoms with Crippen molar-refractivity contribution >= 4 is 11.6 Å². The first-order valence-corrected chi connectivity index (χ1v) is 11.8. The van der Waals surface area contributed by atoms with Gasteiger partial charge >= 0.3 is 0 Å². The van der Waals surface area contributed by atoms with E-state index < -0.39 is 0 Å². The number of benzene rings is 2. The minimum Gasteiger partial charge on any atom is -0.497 e. The number of amides is 1. The zero-order valence-electron chi connectivity index (χ0n) is 20.2. The standard InChI is InChI=1S/C27H32N4O3/c1-5-22-24(30-34-26(22)15-19-10-9-13-21(14-19)33-4)17-28-27(32)25-16-23(29-31(25)18(2)3)20-11-7-6-8-12-20/h6-14,16,18,22,26H,5,15,17H2,1-4H3,(H,28,32). The second-order valence-corrected chi connectivity index (χ2v) is 8.80. The van der Waals surface area contributed by atoms with Crippen molar-refractivity contribution < 1.29 is 14.4 Å². The molecular formula is C27H32N4O3. The summed E-state index contributed by atoms with van der Waals surface area (Å²) in [4.78, 5) is 18.9. The number of ether oxygens (including phenoxy) is 1. The lowest BCUT2D eigenvalue weighted by Gasteiger charge is -2.18. The molecule has 0 saturated heterocycles. The van der Waals surface area contributed by atoms with Crippen molar-refractivity contribution in [3.05, 3.63) is 71.9 Å². The molecule has 34 heavy (non-hydrogen) atoms. The number of hydrogen-bond donors (Lipinski definition) is 1. The van der Waals surface area contributed by atoms with E-state index in [0.29, 0.717) is 12.2 Å². The third-order valence-corrected chi connectivity index (χ3v) is 6.15. The lowest BCUT2D eigenvalue weighted by molar-refractivity contribution is 0.0613. The van der Waals surface area contributed by atoms with Crippen molar-refractivity contribution in [1.29, 1.82) is 0 Å². The molecule has 2 atom stereocenters. The van der Waals surface area contributed by atoms with Crippen LogP contribution in [-0.4, -0.2) is 41.2 Å². The minimum atomic E-state index is -0.169. The normalized spacial score (nSPS) is 17.4. The van der Waals surface area contributed by atoms with Crippen LogP contribution < -0.4 is 10.1 Å². The van der Waals surface area contributed by atoms with Gasteiger partial charge in [-0.2, -0.15) is 5.10 Å². The zero-order chi connectivity index (χ0) is 24.1. The Labute approximate surface area is 200 Å². The molecular weight excluding hydrogens is 428 g/mol. The summed E-state index contributed by atoms with van der Waals surface area (Å²) < 4.78 is 7.10. The van der Waals surface area contributed by atoms with Crippen molar-refractivity contribution in [3.63, 3.8) is 0 Å². The minimum absolute atomic E-state index is 0.0565. The highest BCUT2D eigenvalue weighted by molar-refractivity contribution is 5.98. The molecule has 7 heteroatoms. The van der Waals surface area contributed by atoms with Crippen LogP contribution in [0.3, 0.4) is 0 Å². The molecule has 0 radical (unpaired) electrons. The number of rotatable bonds is 9. The Kier molecular flexibility index (Phi) is 7.30. The van der Waals surface area contributed by atoms with Crippen LogP contribution in [0.5, 0.6) is 5.75 Å². The largest absolute Gasteiger partial charge is 0.497 e. The number of nitrogens with one attached hydrogen (secondary N) is 1. The van der Waals surface area contributed by atoms with Gasteiger partial charge in [0, 0.05) is 23.9 Å². The Morgan fingerprint density at radius 3 is 2.65 bits per heavy atom. The van der Waals surface area contributed by atoms with E-state index in [-0.39, 0.29) is 24.0 Å². The highest BCUT2D eigenvalue weighted by Gasteiger charge is 2.33. The highest BCUT2D eigenvalue weighted by Crippen LogP contribution is 2.26. The lowest BCUT2D eigenvalue weighted by Crippen LogP contribution is -2.35. The first-order chi connectivity index (χ1) is 16.5. The summed E-state index contributed by atoms with van der Waals surface area (Å²) in [6.07, 6.45) is 1.55. The maximum absolute atomic E-state index is 13.1. The van der Waals surface area contributed by atoms with Gasteiger partial charge < -0.3 is 14.9 Å². The van der Waals surface area contributed by atoms with Gasteiger partial charge in [0.15, 0.2) is 0 Å². The highest BCUT2D eigenvalue weighted by atomic mass is 16.6. The maximum Gasteiger partial charge on any atom is 0.269 e. The number of nitrogens with zero attached hydrogens (tertiary/aromatic N) is 3. The summed E-state index contributed by atoms with van der Waals surface area (Å²) in [6.45, 7) is 6.50. The SMILES string of the molecule is CCC1C(CNC(=O)c2cc(-c3ccccc3)nn2C(C)C)=NOC1Cc1cccc(OC)c1. The van der Waals surface area contributed by atoms with Crippen LogP contribution in [-0.2, 0) is 11.3 Å². The molecule has 4 rings (SSSR count). The Morgan fingerprint density at radius 2 is 1.94 bits per heavy atom. The number of hydrogen-bond acceptors (Lipinski definition) is 5. The smallest absolute Gasteiger partial charge is 0.269 e. The van der Waals surface area contributed by atoms with Crippen LogP contribution >= 0.6 is 0 Å². The predicted molar refractivity (Wildman–Crippen MR) is 133 cm³/mol. The average molecular weight is 461 g/mol. The molecule has 1 aromatic heterocycles. The molecule has 1 aliphatic heterocycles. The first-order valence-electron chi connectivity index (χ1n) is 11.8. The van der Waals surface area contributed by atoms with Gasteiger partial charge in [-0.1, -0.05) is 54.5 Å². The third-order valence-electron chi connectivity index (χ3n) is 6.15. The molecule has 1 aliphatic rings. The van der Waals surface area contributed by atoms with Gasteiger partial charge in [0.25, 0.3) is 5.91 Å². The van der Waals surface area contributed by atoms with E-state index in [1.807, 2.05) is 68.4 Å². The Balaban J connectivity index is 1.43. The van der Waals surface area contributed by atoms with Crippen molar-refractivity contribution in [3.8, 4) is 17.0 Å². The first kappa shape index (κ1) is 23.5. The van der Waals surface area contributed by atoms with Gasteiger partial charge in [-0.25, -0.2) is 0 Å². The van der Waals surface area contributed by atoms with E-state index >= 15 is 0 Å². The molecule has 0 spiro atoms. The molecule has 0 bridgehead atoms. The van der Waals surface area contributed by atoms with Crippen molar-refractivity contribution in [2.24, 2.45) is 11.1 Å². The maximum atomic E-state index is 13.1. The fourth-order valence-electron chi connectivity index (χ4n) is 4.33. The number of aromatic nitrogens is 2. The van der Waals surface area contributed by atoms with Gasteiger partial charge in [-0.15, -0.1) is 0 Å². The molecule has 1 N–H and O–H groups in total. The molecule has 7 nitrogen and oxygen atoms in total. The van der Waals surface area contributed by atoms with Gasteiger partial charge in [-0.3, -0.25) is 9.48 Å². The molecule has 1 amide bonds. The van der Waals surface area contributed by atoms with E-state index in [2.05, 4.69) is 28.6 Å². The van der Waals surface area contributed by atoms with Gasteiger partial charge in [-0.05, 0) is 44.0 Å². The number of methoxy groups -OCH3 is 1. The summed E-state index contributed by atoms with van der Waals surface area (Å²) in [5, 5.41) is 12.0. The number of carbonyl (C=O) groups excluding carboxylic acids is 1. The monoisotopic (exact) mass is 460 g/mol. The lowest BCUT2D eigenvalue weighted by atomic mass is 9.90. The van der Waals surface area contributed by atoms with Gasteiger partial charge in [0.2, 0.25) is 0 Å². The second-order valence-electron chi connectivity index (χ2n) is 8.80. The summed E-state index contributed by atoms with van der Waals surface area (Å²) >= 11 is 0. The van der Waals surface area contributed by atoms with Crippen LogP contribution in [0.2, 0.25) is 0 Å². The zero-order valence-corrected chi connectivity index (χ0v) is 20.2. The van der Waals surface area contributed by atoms with E-state index in [0.717, 1.165) is 41.1 Å². The summed E-state index contributed by atoms with van der Waals surface area (Å²) in [7, 11) is 1.66. The molecule has 2 heterocycles. The molecule has 0 saturated carbocycles. The van der Waals surface area contributed by atoms with Crippen molar-refractivity contribution in [2.45, 2.75) is 45.8 Å². The average Bonchev–Trinajstić information content (AvgIpc) is 3.48. The molecule has 0 fully saturated rings. The fourth-order valence-corrected chi connectivity index (χ4v) is 4.33. The Bertz CT molecular complexity index is 1150. The van der Waals surface area contributed by atoms with E-state index in [9.17, 15) is 4.79 Å². The van der Waals surface area contributed by atoms with Crippen molar-refractivity contribution in [1.82, 2.24) is 15.1 Å². The van der Waals surface area contributed by atoms with Gasteiger partial charge in [0.1, 0.15) is 17.5 Å². The van der Waals surface area contributed by atoms with Crippen LogP contribution in [0.25, 0.3) is 11.3 Å².